The van der Waals surface area contributed by atoms with Crippen molar-refractivity contribution < 1.29 is 28.9 Å². The lowest BCUT2D eigenvalue weighted by Crippen LogP contribution is -2.41. The Morgan fingerprint density at radius 2 is 1.80 bits per heavy atom. The minimum Gasteiger partial charge on any atom is -0.508 e. The van der Waals surface area contributed by atoms with Crippen molar-refractivity contribution in [2.75, 3.05) is 31.7 Å². The Morgan fingerprint density at radius 1 is 1.07 bits per heavy atom. The summed E-state index contributed by atoms with van der Waals surface area (Å²) in [6.45, 7) is 4.96. The Balaban J connectivity index is 1.33. The van der Waals surface area contributed by atoms with E-state index < -0.39 is 23.1 Å². The van der Waals surface area contributed by atoms with Gasteiger partial charge in [0, 0.05) is 56.3 Å². The predicted octanol–water partition coefficient (Wildman–Crippen LogP) is 2.64. The summed E-state index contributed by atoms with van der Waals surface area (Å²) in [7, 11) is 1.58. The second-order valence-electron chi connectivity index (χ2n) is 11.0. The van der Waals surface area contributed by atoms with Crippen LogP contribution in [0.3, 0.4) is 0 Å². The molecule has 0 atom stereocenters. The molecular weight excluding hydrogens is 601 g/mol. The topological polar surface area (TPSA) is 200 Å². The Labute approximate surface area is 262 Å². The first-order valence-corrected chi connectivity index (χ1v) is 14.4. The molecule has 0 fully saturated rings. The lowest BCUT2D eigenvalue weighted by molar-refractivity contribution is -0.130. The highest BCUT2D eigenvalue weighted by Crippen LogP contribution is 2.34. The first-order valence-electron chi connectivity index (χ1n) is 14.4. The molecular formula is C31H36FN7O7. The lowest BCUT2D eigenvalue weighted by atomic mass is 9.98. The number of nitrogens with one attached hydrogen (secondary N) is 2. The molecule has 0 aliphatic rings. The van der Waals surface area contributed by atoms with Gasteiger partial charge in [-0.05, 0) is 41.8 Å². The van der Waals surface area contributed by atoms with E-state index in [0.29, 0.717) is 24.4 Å². The summed E-state index contributed by atoms with van der Waals surface area (Å²) in [4.78, 5) is 52.0. The number of fused-ring (bicyclic) bond motifs is 1. The van der Waals surface area contributed by atoms with Crippen molar-refractivity contribution in [2.45, 2.75) is 39.3 Å². The van der Waals surface area contributed by atoms with Gasteiger partial charge in [-0.2, -0.15) is 4.39 Å². The van der Waals surface area contributed by atoms with Gasteiger partial charge in [0.25, 0.3) is 5.56 Å². The number of anilines is 1. The number of likely N-dealkylation sites (N-methyl/N-ethyl adjacent to an activating group) is 1. The molecule has 0 aliphatic heterocycles. The molecule has 0 bridgehead atoms. The van der Waals surface area contributed by atoms with Gasteiger partial charge >= 0.3 is 11.7 Å². The van der Waals surface area contributed by atoms with Crippen molar-refractivity contribution in [3.8, 4) is 11.5 Å². The summed E-state index contributed by atoms with van der Waals surface area (Å²) in [6.07, 6.45) is 2.55. The largest absolute Gasteiger partial charge is 0.508 e. The number of ether oxygens (including phenoxy) is 1. The zero-order valence-electron chi connectivity index (χ0n) is 25.6. The van der Waals surface area contributed by atoms with E-state index in [1.165, 1.54) is 11.0 Å². The molecule has 0 radical (unpaired) electrons. The number of hydrogen-bond acceptors (Lipinski definition) is 8. The number of amides is 3. The zero-order chi connectivity index (χ0) is 33.7. The summed E-state index contributed by atoms with van der Waals surface area (Å²) in [5.41, 5.74) is 5.46. The molecule has 2 aromatic heterocycles. The van der Waals surface area contributed by atoms with Crippen LogP contribution in [0.15, 0.2) is 58.4 Å². The van der Waals surface area contributed by atoms with E-state index in [2.05, 4.69) is 0 Å². The number of carbonyl (C=O) groups is 2. The minimum absolute atomic E-state index is 0.0436. The average Bonchev–Trinajstić information content (AvgIpc) is 3.39. The average molecular weight is 638 g/mol. The number of hydrogen-bond donors (Lipinski definition) is 5. The maximum Gasteiger partial charge on any atom is 0.328 e. The third kappa shape index (κ3) is 7.43. The van der Waals surface area contributed by atoms with Crippen LogP contribution in [0.5, 0.6) is 11.5 Å². The summed E-state index contributed by atoms with van der Waals surface area (Å²) < 4.78 is 22.0. The van der Waals surface area contributed by atoms with E-state index in [4.69, 9.17) is 15.9 Å². The first kappa shape index (κ1) is 33.5. The van der Waals surface area contributed by atoms with Crippen LogP contribution < -0.4 is 21.9 Å². The van der Waals surface area contributed by atoms with Crippen molar-refractivity contribution in [3.05, 3.63) is 86.6 Å². The maximum absolute atomic E-state index is 13.4. The molecule has 3 amide bonds. The highest BCUT2D eigenvalue weighted by molar-refractivity contribution is 6.22. The fourth-order valence-electron chi connectivity index (χ4n) is 4.90. The zero-order valence-corrected chi connectivity index (χ0v) is 25.6. The summed E-state index contributed by atoms with van der Waals surface area (Å²) >= 11 is 0. The SMILES string of the molecule is CC(C)c1cc(C(=N)N(C(N)=O)c2ccc3c(ccn3CCOCCN(C)C(=O)CCn3cc(F)c(=O)[nH]c3=O)c2)c(O)cc1O. The van der Waals surface area contributed by atoms with E-state index in [9.17, 15) is 33.8 Å². The number of aromatic amines is 1. The molecule has 0 saturated carbocycles. The lowest BCUT2D eigenvalue weighted by Gasteiger charge is -2.23. The van der Waals surface area contributed by atoms with Gasteiger partial charge < -0.3 is 30.2 Å². The van der Waals surface area contributed by atoms with E-state index >= 15 is 0 Å². The van der Waals surface area contributed by atoms with Gasteiger partial charge in [0.2, 0.25) is 11.7 Å². The molecule has 2 aromatic carbocycles. The molecule has 14 nitrogen and oxygen atoms in total. The predicted molar refractivity (Wildman–Crippen MR) is 169 cm³/mol. The van der Waals surface area contributed by atoms with E-state index in [0.717, 1.165) is 32.6 Å². The molecule has 4 aromatic rings. The van der Waals surface area contributed by atoms with Gasteiger partial charge in [-0.15, -0.1) is 0 Å². The van der Waals surface area contributed by atoms with Gasteiger partial charge in [-0.3, -0.25) is 24.5 Å². The number of primary amides is 1. The second-order valence-corrected chi connectivity index (χ2v) is 11.0. The summed E-state index contributed by atoms with van der Waals surface area (Å²) in [5, 5.41) is 30.1. The number of rotatable bonds is 12. The molecule has 0 saturated heterocycles. The Hall–Kier alpha value is -5.44. The van der Waals surface area contributed by atoms with Gasteiger partial charge in [0.05, 0.1) is 30.7 Å². The van der Waals surface area contributed by atoms with Crippen molar-refractivity contribution in [2.24, 2.45) is 5.73 Å². The van der Waals surface area contributed by atoms with E-state index in [1.807, 2.05) is 35.7 Å². The van der Waals surface area contributed by atoms with Crippen LogP contribution in [0.2, 0.25) is 0 Å². The number of nitrogens with two attached hydrogens (primary N) is 1. The first-order chi connectivity index (χ1) is 21.8. The number of benzene rings is 2. The number of aryl methyl sites for hydroxylation is 1. The number of nitrogens with zero attached hydrogens (tertiary/aromatic N) is 4. The van der Waals surface area contributed by atoms with Gasteiger partial charge in [0.15, 0.2) is 0 Å². The Morgan fingerprint density at radius 3 is 2.50 bits per heavy atom. The minimum atomic E-state index is -1.11. The van der Waals surface area contributed by atoms with Crippen LogP contribution in [-0.4, -0.2) is 73.8 Å². The molecule has 2 heterocycles. The number of phenols is 2. The molecule has 46 heavy (non-hydrogen) atoms. The molecule has 6 N–H and O–H groups in total. The van der Waals surface area contributed by atoms with Crippen molar-refractivity contribution in [3.63, 3.8) is 0 Å². The van der Waals surface area contributed by atoms with Crippen molar-refractivity contribution >= 4 is 34.4 Å². The number of aromatic nitrogens is 3. The van der Waals surface area contributed by atoms with Crippen LogP contribution in [0, 0.1) is 11.2 Å². The number of amidine groups is 1. The fourth-order valence-corrected chi connectivity index (χ4v) is 4.90. The second kappa shape index (κ2) is 14.1. The number of phenolic OH excluding ortho intramolecular Hbond substituents is 2. The third-order valence-electron chi connectivity index (χ3n) is 7.49. The van der Waals surface area contributed by atoms with Gasteiger partial charge in [-0.1, -0.05) is 13.8 Å². The molecule has 0 spiro atoms. The van der Waals surface area contributed by atoms with Crippen molar-refractivity contribution in [1.82, 2.24) is 19.0 Å². The monoisotopic (exact) mass is 637 g/mol. The standard InChI is InChI=1S/C31H36FN7O7/c1-18(2)21-15-22(26(41)16-25(21)40)28(33)39(30(34)44)20-4-5-24-19(14-20)6-8-37(24)11-13-46-12-10-36(3)27(42)7-9-38-17-23(32)29(43)35-31(38)45/h4-6,8,14-18,33,40-41H,7,9-13H2,1-3H3,(H2,34,44)(H,35,43,45). The van der Waals surface area contributed by atoms with E-state index in [-0.39, 0.29) is 60.8 Å². The van der Waals surface area contributed by atoms with Crippen molar-refractivity contribution in [1.29, 1.82) is 5.41 Å². The van der Waals surface area contributed by atoms with Crippen LogP contribution in [-0.2, 0) is 22.6 Å². The molecule has 0 aliphatic carbocycles. The quantitative estimate of drug-likeness (QED) is 0.0893. The Kier molecular flexibility index (Phi) is 10.3. The van der Waals surface area contributed by atoms with Gasteiger partial charge in [-0.25, -0.2) is 14.5 Å². The number of halogens is 1. The van der Waals surface area contributed by atoms with E-state index in [1.54, 1.807) is 25.2 Å². The molecule has 15 heteroatoms. The van der Waals surface area contributed by atoms with Crippen LogP contribution >= 0.6 is 0 Å². The van der Waals surface area contributed by atoms with Crippen LogP contribution in [0.1, 0.15) is 37.3 Å². The summed E-state index contributed by atoms with van der Waals surface area (Å²) in [6, 6.07) is 8.63. The fraction of sp³-hybridized carbons (Fsp3) is 0.323. The third-order valence-corrected chi connectivity index (χ3v) is 7.49. The smallest absolute Gasteiger partial charge is 0.328 e. The molecule has 244 valence electrons. The molecule has 4 rings (SSSR count). The normalized spacial score (nSPS) is 11.2. The number of H-pyrrole nitrogens is 1. The Bertz CT molecular complexity index is 1900. The highest BCUT2D eigenvalue weighted by atomic mass is 19.1. The highest BCUT2D eigenvalue weighted by Gasteiger charge is 2.24. The van der Waals surface area contributed by atoms with Crippen LogP contribution in [0.4, 0.5) is 14.9 Å². The maximum atomic E-state index is 13.4. The number of aromatic hydroxyl groups is 2. The molecule has 0 unspecified atom stereocenters. The number of urea groups is 1. The number of carbonyl (C=O) groups excluding carboxylic acids is 2. The van der Waals surface area contributed by atoms with Gasteiger partial charge in [0.1, 0.15) is 17.3 Å². The summed E-state index contributed by atoms with van der Waals surface area (Å²) in [5.74, 6) is -2.31. The van der Waals surface area contributed by atoms with Crippen LogP contribution in [0.25, 0.3) is 10.9 Å².